The van der Waals surface area contributed by atoms with Crippen LogP contribution in [-0.2, 0) is 14.8 Å². The first-order valence-electron chi connectivity index (χ1n) is 8.66. The smallest absolute Gasteiger partial charge is 0.313 e. The molecule has 2 fully saturated rings. The highest BCUT2D eigenvalue weighted by Crippen LogP contribution is 2.45. The van der Waals surface area contributed by atoms with Crippen molar-refractivity contribution in [2.75, 3.05) is 13.1 Å². The first kappa shape index (κ1) is 18.4. The van der Waals surface area contributed by atoms with Gasteiger partial charge in [0.15, 0.2) is 0 Å². The molecule has 2 aliphatic rings. The van der Waals surface area contributed by atoms with E-state index < -0.39 is 27.5 Å². The monoisotopic (exact) mass is 367 g/mol. The number of rotatable bonds is 5. The molecule has 0 spiro atoms. The van der Waals surface area contributed by atoms with Gasteiger partial charge in [-0.1, -0.05) is 18.9 Å². The lowest BCUT2D eigenvalue weighted by molar-refractivity contribution is -0.162. The number of aliphatic hydroxyl groups is 1. The molecule has 1 aliphatic heterocycles. The third-order valence-electron chi connectivity index (χ3n) is 5.64. The Hall–Kier alpha value is -1.44. The van der Waals surface area contributed by atoms with Crippen LogP contribution >= 0.6 is 0 Å². The van der Waals surface area contributed by atoms with Gasteiger partial charge < -0.3 is 10.2 Å². The molecule has 1 aromatic carbocycles. The minimum atomic E-state index is -3.79. The number of carbonyl (C=O) groups is 1. The predicted octanol–water partition coefficient (Wildman–Crippen LogP) is 1.93. The molecule has 1 aliphatic carbocycles. The molecule has 25 heavy (non-hydrogen) atoms. The average molecular weight is 367 g/mol. The summed E-state index contributed by atoms with van der Waals surface area (Å²) in [6.07, 6.45) is 1.36. The second kappa shape index (κ2) is 6.37. The van der Waals surface area contributed by atoms with Gasteiger partial charge in [0, 0.05) is 13.1 Å². The topological polar surface area (TPSA) is 94.9 Å². The lowest BCUT2D eigenvalue weighted by Gasteiger charge is -2.42. The van der Waals surface area contributed by atoms with Crippen LogP contribution < -0.4 is 0 Å². The van der Waals surface area contributed by atoms with Gasteiger partial charge in [0.2, 0.25) is 10.0 Å². The molecule has 0 amide bonds. The Morgan fingerprint density at radius 3 is 2.48 bits per heavy atom. The van der Waals surface area contributed by atoms with Crippen molar-refractivity contribution in [1.29, 1.82) is 0 Å². The summed E-state index contributed by atoms with van der Waals surface area (Å²) in [5, 5.41) is 20.2. The molecule has 3 rings (SSSR count). The van der Waals surface area contributed by atoms with E-state index in [1.165, 1.54) is 4.31 Å². The fourth-order valence-corrected chi connectivity index (χ4v) is 5.22. The van der Waals surface area contributed by atoms with E-state index in [1.54, 1.807) is 18.2 Å². The molecule has 1 heterocycles. The Morgan fingerprint density at radius 2 is 1.92 bits per heavy atom. The zero-order chi connectivity index (χ0) is 18.4. The summed E-state index contributed by atoms with van der Waals surface area (Å²) in [5.41, 5.74) is 0.467. The Kier molecular flexibility index (Phi) is 4.68. The van der Waals surface area contributed by atoms with Gasteiger partial charge in [-0.2, -0.15) is 4.31 Å². The second-order valence-electron chi connectivity index (χ2n) is 7.50. The number of benzene rings is 1. The van der Waals surface area contributed by atoms with E-state index in [0.717, 1.165) is 24.0 Å². The van der Waals surface area contributed by atoms with Gasteiger partial charge in [0.05, 0.1) is 11.0 Å². The Morgan fingerprint density at radius 1 is 1.24 bits per heavy atom. The van der Waals surface area contributed by atoms with E-state index in [2.05, 4.69) is 0 Å². The highest BCUT2D eigenvalue weighted by Gasteiger charge is 2.53. The highest BCUT2D eigenvalue weighted by molar-refractivity contribution is 7.89. The standard InChI is InChI=1S/C18H25NO5S/c1-12-3-6-15(9-13(12)2)25(23,24)19-8-7-16(20)18(11-19,17(21)22)10-14-4-5-14/h3,6,9,14,16,20H,4-5,7-8,10-11H2,1-2H3,(H,21,22)/t16-,18-/m0/s1. The number of piperidine rings is 1. The fraction of sp³-hybridized carbons (Fsp3) is 0.611. The molecular weight excluding hydrogens is 342 g/mol. The van der Waals surface area contributed by atoms with Gasteiger partial charge in [0.1, 0.15) is 5.41 Å². The van der Waals surface area contributed by atoms with Crippen LogP contribution in [0, 0.1) is 25.2 Å². The van der Waals surface area contributed by atoms with Gasteiger partial charge in [-0.05, 0) is 55.9 Å². The molecule has 138 valence electrons. The third kappa shape index (κ3) is 3.32. The fourth-order valence-electron chi connectivity index (χ4n) is 3.61. The Labute approximate surface area is 148 Å². The number of carboxylic acid groups (broad SMARTS) is 1. The molecule has 6 nitrogen and oxygen atoms in total. The van der Waals surface area contributed by atoms with E-state index in [0.29, 0.717) is 6.42 Å². The van der Waals surface area contributed by atoms with Crippen molar-refractivity contribution < 1.29 is 23.4 Å². The van der Waals surface area contributed by atoms with E-state index in [-0.39, 0.29) is 30.3 Å². The maximum atomic E-state index is 13.0. The summed E-state index contributed by atoms with van der Waals surface area (Å²) in [6, 6.07) is 4.95. The molecule has 0 bridgehead atoms. The molecule has 2 atom stereocenters. The maximum absolute atomic E-state index is 13.0. The van der Waals surface area contributed by atoms with Crippen molar-refractivity contribution in [1.82, 2.24) is 4.31 Å². The van der Waals surface area contributed by atoms with Crippen molar-refractivity contribution in [3.63, 3.8) is 0 Å². The molecule has 7 heteroatoms. The lowest BCUT2D eigenvalue weighted by Crippen LogP contribution is -2.57. The molecule has 0 aromatic heterocycles. The van der Waals surface area contributed by atoms with Crippen LogP contribution in [-0.4, -0.2) is 48.1 Å². The van der Waals surface area contributed by atoms with E-state index >= 15 is 0 Å². The van der Waals surface area contributed by atoms with Crippen molar-refractivity contribution >= 4 is 16.0 Å². The quantitative estimate of drug-likeness (QED) is 0.829. The number of aliphatic carboxylic acids is 1. The normalized spacial score (nSPS) is 28.0. The number of aliphatic hydroxyl groups excluding tert-OH is 1. The number of sulfonamides is 1. The van der Waals surface area contributed by atoms with Gasteiger partial charge in [-0.3, -0.25) is 4.79 Å². The molecule has 1 saturated carbocycles. The minimum Gasteiger partial charge on any atom is -0.481 e. The maximum Gasteiger partial charge on any atom is 0.313 e. The number of nitrogens with zero attached hydrogens (tertiary/aromatic N) is 1. The SMILES string of the molecule is Cc1ccc(S(=O)(=O)N2CC[C@H](O)[C@@](CC3CC3)(C(=O)O)C2)cc1C. The summed E-state index contributed by atoms with van der Waals surface area (Å²) in [7, 11) is -3.79. The van der Waals surface area contributed by atoms with E-state index in [4.69, 9.17) is 0 Å². The molecular formula is C18H25NO5S. The van der Waals surface area contributed by atoms with E-state index in [1.807, 2.05) is 13.8 Å². The number of aryl methyl sites for hydroxylation is 2. The number of carboxylic acids is 1. The third-order valence-corrected chi connectivity index (χ3v) is 7.48. The van der Waals surface area contributed by atoms with Gasteiger partial charge in [0.25, 0.3) is 0 Å². The van der Waals surface area contributed by atoms with Gasteiger partial charge in [-0.15, -0.1) is 0 Å². The minimum absolute atomic E-state index is 0.135. The molecule has 2 N–H and O–H groups in total. The lowest BCUT2D eigenvalue weighted by atomic mass is 9.74. The Balaban J connectivity index is 1.93. The van der Waals surface area contributed by atoms with Crippen LogP contribution in [0.15, 0.2) is 23.1 Å². The molecule has 0 unspecified atom stereocenters. The van der Waals surface area contributed by atoms with Crippen LogP contribution in [0.2, 0.25) is 0 Å². The molecule has 1 saturated heterocycles. The number of hydrogen-bond donors (Lipinski definition) is 2. The van der Waals surface area contributed by atoms with Crippen LogP contribution in [0.25, 0.3) is 0 Å². The van der Waals surface area contributed by atoms with Crippen LogP contribution in [0.4, 0.5) is 0 Å². The van der Waals surface area contributed by atoms with Crippen LogP contribution in [0.1, 0.15) is 36.8 Å². The molecule has 0 radical (unpaired) electrons. The summed E-state index contributed by atoms with van der Waals surface area (Å²) >= 11 is 0. The van der Waals surface area contributed by atoms with Crippen molar-refractivity contribution in [2.45, 2.75) is 50.5 Å². The van der Waals surface area contributed by atoms with Crippen LogP contribution in [0.5, 0.6) is 0 Å². The van der Waals surface area contributed by atoms with Crippen molar-refractivity contribution in [2.24, 2.45) is 11.3 Å². The predicted molar refractivity (Wildman–Crippen MR) is 92.7 cm³/mol. The first-order chi connectivity index (χ1) is 11.7. The average Bonchev–Trinajstić information content (AvgIpc) is 3.35. The highest BCUT2D eigenvalue weighted by atomic mass is 32.2. The largest absolute Gasteiger partial charge is 0.481 e. The first-order valence-corrected chi connectivity index (χ1v) is 10.1. The van der Waals surface area contributed by atoms with Gasteiger partial charge in [-0.25, -0.2) is 8.42 Å². The Bertz CT molecular complexity index is 787. The van der Waals surface area contributed by atoms with Crippen molar-refractivity contribution in [3.05, 3.63) is 29.3 Å². The summed E-state index contributed by atoms with van der Waals surface area (Å²) in [6.45, 7) is 3.72. The zero-order valence-electron chi connectivity index (χ0n) is 14.6. The number of hydrogen-bond acceptors (Lipinski definition) is 4. The second-order valence-corrected chi connectivity index (χ2v) is 9.44. The van der Waals surface area contributed by atoms with E-state index in [9.17, 15) is 23.4 Å². The molecule has 1 aromatic rings. The van der Waals surface area contributed by atoms with Crippen molar-refractivity contribution in [3.8, 4) is 0 Å². The van der Waals surface area contributed by atoms with Gasteiger partial charge >= 0.3 is 5.97 Å². The summed E-state index contributed by atoms with van der Waals surface area (Å²) in [5.74, 6) is -0.832. The zero-order valence-corrected chi connectivity index (χ0v) is 15.4. The summed E-state index contributed by atoms with van der Waals surface area (Å²) < 4.78 is 27.3. The van der Waals surface area contributed by atoms with Crippen LogP contribution in [0.3, 0.4) is 0 Å². The summed E-state index contributed by atoms with van der Waals surface area (Å²) in [4.78, 5) is 12.2.